The van der Waals surface area contributed by atoms with Gasteiger partial charge in [-0.3, -0.25) is 19.2 Å². The number of rotatable bonds is 2. The van der Waals surface area contributed by atoms with E-state index in [9.17, 15) is 19.2 Å². The summed E-state index contributed by atoms with van der Waals surface area (Å²) in [4.78, 5) is 49.0. The van der Waals surface area contributed by atoms with E-state index in [1.54, 1.807) is 0 Å². The maximum atomic E-state index is 12.4. The zero-order valence-electron chi connectivity index (χ0n) is 11.8. The van der Waals surface area contributed by atoms with Crippen LogP contribution in [0.4, 0.5) is 0 Å². The smallest absolute Gasteiger partial charge is 0.229 e. The van der Waals surface area contributed by atoms with Crippen molar-refractivity contribution in [3.05, 3.63) is 65.2 Å². The van der Waals surface area contributed by atoms with Gasteiger partial charge in [-0.1, -0.05) is 0 Å². The van der Waals surface area contributed by atoms with Gasteiger partial charge < -0.3 is 9.47 Å². The Morgan fingerprint density at radius 2 is 1.23 bits per heavy atom. The Morgan fingerprint density at radius 3 is 1.86 bits per heavy atom. The number of benzene rings is 3. The lowest BCUT2D eigenvalue weighted by Gasteiger charge is -2.05. The summed E-state index contributed by atoms with van der Waals surface area (Å²) in [5.41, 5.74) is -2.10. The molecule has 0 aromatic heterocycles. The summed E-state index contributed by atoms with van der Waals surface area (Å²) in [5.74, 6) is -0.262. The highest BCUT2D eigenvalue weighted by Crippen LogP contribution is 2.19. The molecule has 0 radical (unpaired) electrons. The summed E-state index contributed by atoms with van der Waals surface area (Å²) in [6, 6.07) is 4.81. The van der Waals surface area contributed by atoms with Crippen LogP contribution in [-0.4, -0.2) is 14.2 Å². The van der Waals surface area contributed by atoms with Gasteiger partial charge in [0.1, 0.15) is 0 Å². The molecule has 3 aromatic carbocycles. The van der Waals surface area contributed by atoms with Gasteiger partial charge in [0.15, 0.2) is 22.4 Å². The van der Waals surface area contributed by atoms with Crippen molar-refractivity contribution in [2.45, 2.75) is 0 Å². The Hall–Kier alpha value is -3.02. The third-order valence-electron chi connectivity index (χ3n) is 3.60. The summed E-state index contributed by atoms with van der Waals surface area (Å²) in [5, 5.41) is -0.0440. The minimum absolute atomic E-state index is 0.0432. The van der Waals surface area contributed by atoms with Crippen LogP contribution in [0.5, 0.6) is 11.5 Å². The van der Waals surface area contributed by atoms with Crippen LogP contribution in [0.25, 0.3) is 21.5 Å². The molecule has 110 valence electrons. The van der Waals surface area contributed by atoms with E-state index in [4.69, 9.17) is 9.47 Å². The Bertz CT molecular complexity index is 1120. The van der Waals surface area contributed by atoms with Crippen LogP contribution < -0.4 is 31.2 Å². The average molecular weight is 298 g/mol. The zero-order chi connectivity index (χ0) is 16.0. The lowest BCUT2D eigenvalue weighted by atomic mass is 10.00. The molecule has 0 amide bonds. The van der Waals surface area contributed by atoms with Crippen molar-refractivity contribution in [3.8, 4) is 11.5 Å². The molecule has 6 nitrogen and oxygen atoms in total. The van der Waals surface area contributed by atoms with Crippen LogP contribution in [0, 0.1) is 0 Å². The molecule has 0 saturated carbocycles. The van der Waals surface area contributed by atoms with Crippen molar-refractivity contribution in [2.75, 3.05) is 14.2 Å². The van der Waals surface area contributed by atoms with Crippen molar-refractivity contribution >= 4 is 21.5 Å². The van der Waals surface area contributed by atoms with E-state index < -0.39 is 21.7 Å². The normalized spacial score (nSPS) is 11.0. The Balaban J connectivity index is 2.74. The Kier molecular flexibility index (Phi) is 3.02. The molecule has 3 aromatic rings. The zero-order valence-corrected chi connectivity index (χ0v) is 11.8. The maximum Gasteiger partial charge on any atom is 0.229 e. The van der Waals surface area contributed by atoms with Crippen LogP contribution in [-0.2, 0) is 0 Å². The Labute approximate surface area is 122 Å². The SMILES string of the molecule is COc1cc(=O)c2c(ccc3c(=O)cc(OC)c(=O)c32)c1=O. The lowest BCUT2D eigenvalue weighted by molar-refractivity contribution is 0.411. The molecule has 0 spiro atoms. The molecule has 0 heterocycles. The first kappa shape index (κ1) is 13.9. The van der Waals surface area contributed by atoms with Crippen molar-refractivity contribution in [1.82, 2.24) is 0 Å². The predicted molar refractivity (Wildman–Crippen MR) is 82.0 cm³/mol. The number of fused-ring (bicyclic) bond motifs is 3. The molecule has 0 bridgehead atoms. The van der Waals surface area contributed by atoms with Crippen LogP contribution in [0.3, 0.4) is 0 Å². The van der Waals surface area contributed by atoms with Gasteiger partial charge in [0.2, 0.25) is 10.9 Å². The fourth-order valence-electron chi connectivity index (χ4n) is 2.57. The molecule has 0 aliphatic carbocycles. The topological polar surface area (TPSA) is 86.7 Å². The van der Waals surface area contributed by atoms with Gasteiger partial charge >= 0.3 is 0 Å². The quantitative estimate of drug-likeness (QED) is 0.634. The fraction of sp³-hybridized carbons (Fsp3) is 0.125. The number of ether oxygens (including phenoxy) is 2. The van der Waals surface area contributed by atoms with Gasteiger partial charge in [-0.25, -0.2) is 0 Å². The third kappa shape index (κ3) is 1.74. The molecule has 0 saturated heterocycles. The highest BCUT2D eigenvalue weighted by molar-refractivity contribution is 6.07. The first-order valence-electron chi connectivity index (χ1n) is 6.36. The fourth-order valence-corrected chi connectivity index (χ4v) is 2.57. The molecular formula is C16H10O6. The largest absolute Gasteiger partial charge is 0.492 e. The molecule has 0 aliphatic heterocycles. The molecule has 0 fully saturated rings. The van der Waals surface area contributed by atoms with Gasteiger partial charge in [-0.15, -0.1) is 0 Å². The molecule has 0 atom stereocenters. The lowest BCUT2D eigenvalue weighted by Crippen LogP contribution is -2.19. The standard InChI is InChI=1S/C16H10O6/c1-21-11-6-10(18)13-8(15(11)19)4-3-7-9(17)5-12(22-2)16(20)14(7)13/h3-6H,1-2H3. The molecule has 0 aliphatic rings. The predicted octanol–water partition coefficient (Wildman–Crippen LogP) is 0.327. The Morgan fingerprint density at radius 1 is 0.682 bits per heavy atom. The maximum absolute atomic E-state index is 12.4. The van der Waals surface area contributed by atoms with Gasteiger partial charge in [0.05, 0.1) is 14.2 Å². The summed E-state index contributed by atoms with van der Waals surface area (Å²) in [6.07, 6.45) is 0. The van der Waals surface area contributed by atoms with E-state index >= 15 is 0 Å². The van der Waals surface area contributed by atoms with Crippen LogP contribution in [0.1, 0.15) is 0 Å². The summed E-state index contributed by atoms with van der Waals surface area (Å²) in [6.45, 7) is 0. The van der Waals surface area contributed by atoms with Crippen LogP contribution in [0.15, 0.2) is 43.4 Å². The molecule has 3 rings (SSSR count). The first-order chi connectivity index (χ1) is 10.5. The van der Waals surface area contributed by atoms with Gasteiger partial charge in [-0.2, -0.15) is 0 Å². The molecule has 0 N–H and O–H groups in total. The molecule has 0 unspecified atom stereocenters. The second kappa shape index (κ2) is 4.77. The van der Waals surface area contributed by atoms with Gasteiger partial charge in [-0.05, 0) is 12.1 Å². The van der Waals surface area contributed by atoms with E-state index in [0.717, 1.165) is 12.1 Å². The second-order valence-corrected chi connectivity index (χ2v) is 4.72. The highest BCUT2D eigenvalue weighted by Gasteiger charge is 2.17. The second-order valence-electron chi connectivity index (χ2n) is 4.72. The van der Waals surface area contributed by atoms with Crippen LogP contribution in [0.2, 0.25) is 0 Å². The van der Waals surface area contributed by atoms with E-state index in [2.05, 4.69) is 0 Å². The number of methoxy groups -OCH3 is 2. The average Bonchev–Trinajstić information content (AvgIpc) is 2.53. The third-order valence-corrected chi connectivity index (χ3v) is 3.60. The molecule has 6 heteroatoms. The minimum atomic E-state index is -0.593. The molecule has 22 heavy (non-hydrogen) atoms. The van der Waals surface area contributed by atoms with E-state index in [0.29, 0.717) is 0 Å². The summed E-state index contributed by atoms with van der Waals surface area (Å²) in [7, 11) is 2.54. The molecular weight excluding hydrogens is 288 g/mol. The number of hydrogen-bond donors (Lipinski definition) is 0. The van der Waals surface area contributed by atoms with Crippen molar-refractivity contribution in [1.29, 1.82) is 0 Å². The summed E-state index contributed by atoms with van der Waals surface area (Å²) >= 11 is 0. The van der Waals surface area contributed by atoms with E-state index in [-0.39, 0.29) is 33.0 Å². The highest BCUT2D eigenvalue weighted by atomic mass is 16.5. The van der Waals surface area contributed by atoms with Crippen molar-refractivity contribution < 1.29 is 9.47 Å². The number of hydrogen-bond acceptors (Lipinski definition) is 6. The van der Waals surface area contributed by atoms with Crippen LogP contribution >= 0.6 is 0 Å². The minimum Gasteiger partial charge on any atom is -0.492 e. The van der Waals surface area contributed by atoms with Crippen molar-refractivity contribution in [2.24, 2.45) is 0 Å². The van der Waals surface area contributed by atoms with E-state index in [1.165, 1.54) is 26.4 Å². The van der Waals surface area contributed by atoms with Gasteiger partial charge in [0, 0.05) is 33.7 Å². The monoisotopic (exact) mass is 298 g/mol. The van der Waals surface area contributed by atoms with Gasteiger partial charge in [0.25, 0.3) is 0 Å². The van der Waals surface area contributed by atoms with Crippen molar-refractivity contribution in [3.63, 3.8) is 0 Å². The van der Waals surface area contributed by atoms with E-state index in [1.807, 2.05) is 0 Å². The summed E-state index contributed by atoms with van der Waals surface area (Å²) < 4.78 is 9.75. The first-order valence-corrected chi connectivity index (χ1v) is 6.36.